The second-order valence-electron chi connectivity index (χ2n) is 11.0. The van der Waals surface area contributed by atoms with Crippen LogP contribution in [-0.4, -0.2) is 59.4 Å². The van der Waals surface area contributed by atoms with E-state index in [9.17, 15) is 36.4 Å². The van der Waals surface area contributed by atoms with Gasteiger partial charge in [0.25, 0.3) is 22.2 Å². The van der Waals surface area contributed by atoms with Crippen molar-refractivity contribution in [3.8, 4) is 16.9 Å². The van der Waals surface area contributed by atoms with E-state index in [1.54, 1.807) is 52.0 Å². The Morgan fingerprint density at radius 1 is 1.04 bits per heavy atom. The minimum absolute atomic E-state index is 0.0870. The number of hydrogen-bond donors (Lipinski definition) is 1. The highest BCUT2D eigenvalue weighted by atomic mass is 32.2. The lowest BCUT2D eigenvalue weighted by Gasteiger charge is -2.26. The molecule has 3 aromatic rings. The molecule has 0 saturated heterocycles. The van der Waals surface area contributed by atoms with Crippen molar-refractivity contribution in [3.63, 3.8) is 0 Å². The number of benzene rings is 2. The third-order valence-electron chi connectivity index (χ3n) is 6.57. The Morgan fingerprint density at radius 3 is 2.15 bits per heavy atom. The Bertz CT molecular complexity index is 1670. The normalized spacial score (nSPS) is 13.8. The number of sulfonamides is 1. The number of likely N-dealkylation sites (N-methyl/N-ethyl adjacent to an activating group) is 1. The summed E-state index contributed by atoms with van der Waals surface area (Å²) in [6.07, 6.45) is -5.94. The van der Waals surface area contributed by atoms with Crippen molar-refractivity contribution in [2.75, 3.05) is 7.05 Å². The molecule has 46 heavy (non-hydrogen) atoms. The molecule has 2 aromatic carbocycles. The van der Waals surface area contributed by atoms with Crippen molar-refractivity contribution < 1.29 is 45.7 Å². The summed E-state index contributed by atoms with van der Waals surface area (Å²) in [7, 11) is -3.32. The van der Waals surface area contributed by atoms with Crippen molar-refractivity contribution in [1.82, 2.24) is 19.5 Å². The van der Waals surface area contributed by atoms with Gasteiger partial charge in [-0.05, 0) is 43.2 Å². The smallest absolute Gasteiger partial charge is 0.435 e. The van der Waals surface area contributed by atoms with Crippen molar-refractivity contribution in [1.29, 1.82) is 0 Å². The van der Waals surface area contributed by atoms with E-state index in [1.807, 2.05) is 11.6 Å². The zero-order chi connectivity index (χ0) is 34.6. The van der Waals surface area contributed by atoms with Crippen LogP contribution in [0.5, 0.6) is 0 Å². The summed E-state index contributed by atoms with van der Waals surface area (Å²) >= 11 is 0. The van der Waals surface area contributed by atoms with Gasteiger partial charge in [0, 0.05) is 12.5 Å². The van der Waals surface area contributed by atoms with Gasteiger partial charge in [-0.1, -0.05) is 57.5 Å². The summed E-state index contributed by atoms with van der Waals surface area (Å²) in [6, 6.07) is 11.0. The summed E-state index contributed by atoms with van der Waals surface area (Å²) in [5.41, 5.74) is 0.484. The molecule has 0 spiro atoms. The number of nitrogens with zero attached hydrogens (tertiary/aromatic N) is 5. The molecule has 250 valence electrons. The largest absolute Gasteiger partial charge is 0.569 e. The average molecular weight is 669 g/mol. The number of nitrogens with one attached hydrogen (secondary N) is 1. The van der Waals surface area contributed by atoms with Crippen LogP contribution in [0.1, 0.15) is 45.9 Å². The maximum absolute atomic E-state index is 13.5. The number of esters is 1. The fourth-order valence-corrected chi connectivity index (χ4v) is 5.16. The molecule has 0 radical (unpaired) electrons. The lowest BCUT2D eigenvalue weighted by molar-refractivity contribution is -0.713. The fraction of sp³-hybridized carbons (Fsp3) is 0.414. The number of ether oxygens (including phenoxy) is 1. The van der Waals surface area contributed by atoms with E-state index in [2.05, 4.69) is 10.4 Å². The Kier molecular flexibility index (Phi) is 11.0. The monoisotopic (exact) mass is 668 g/mol. The van der Waals surface area contributed by atoms with E-state index in [4.69, 9.17) is 9.57 Å². The number of aryl methyl sites for hydroxylation is 1. The first kappa shape index (κ1) is 35.8. The van der Waals surface area contributed by atoms with Crippen LogP contribution in [0.2, 0.25) is 0 Å². The van der Waals surface area contributed by atoms with Gasteiger partial charge < -0.3 is 9.94 Å². The first-order valence-electron chi connectivity index (χ1n) is 14.0. The molecule has 0 aliphatic carbocycles. The molecule has 1 amide bonds. The summed E-state index contributed by atoms with van der Waals surface area (Å²) in [4.78, 5) is 29.2. The van der Waals surface area contributed by atoms with E-state index >= 15 is 0 Å². The second-order valence-corrected chi connectivity index (χ2v) is 12.7. The van der Waals surface area contributed by atoms with Crippen LogP contribution in [0, 0.1) is 24.0 Å². The molecule has 0 aliphatic rings. The van der Waals surface area contributed by atoms with Crippen molar-refractivity contribution >= 4 is 21.9 Å². The predicted octanol–water partition coefficient (Wildman–Crippen LogP) is 4.98. The van der Waals surface area contributed by atoms with Gasteiger partial charge in [0.15, 0.2) is 11.7 Å². The van der Waals surface area contributed by atoms with Crippen LogP contribution in [0.4, 0.5) is 13.2 Å². The van der Waals surface area contributed by atoms with E-state index in [0.29, 0.717) is 5.56 Å². The summed E-state index contributed by atoms with van der Waals surface area (Å²) < 4.78 is 74.8. The number of amides is 1. The van der Waals surface area contributed by atoms with Crippen LogP contribution in [0.25, 0.3) is 16.9 Å². The Balaban J connectivity index is 1.82. The molecule has 1 N–H and O–H groups in total. The number of alkyl halides is 3. The zero-order valence-electron chi connectivity index (χ0n) is 26.1. The van der Waals surface area contributed by atoms with Crippen LogP contribution < -0.4 is 4.72 Å². The summed E-state index contributed by atoms with van der Waals surface area (Å²) in [5, 5.41) is 20.3. The number of hydrazine groups is 1. The van der Waals surface area contributed by atoms with Gasteiger partial charge >= 0.3 is 12.1 Å². The summed E-state index contributed by atoms with van der Waals surface area (Å²) in [5.74, 6) is -2.71. The molecule has 0 saturated carbocycles. The van der Waals surface area contributed by atoms with Gasteiger partial charge in [-0.15, -0.1) is 5.01 Å². The average Bonchev–Trinajstić information content (AvgIpc) is 3.42. The SMILES string of the molecule is Cc1ccc(-c2cc(C(F)(F)F)nn2-c2ccc(S(=O)(=O)NC(=O)[C@H](C(C)C)N(C)/[N+]([O-])=N/OC(C)OC(=O)C(C)C)cc2)cc1. The molecular formula is C29H35F3N6O7S. The van der Waals surface area contributed by atoms with Crippen molar-refractivity contribution in [3.05, 3.63) is 71.1 Å². The Morgan fingerprint density at radius 2 is 1.63 bits per heavy atom. The minimum Gasteiger partial charge on any atom is -0.569 e. The second kappa shape index (κ2) is 14.2. The first-order chi connectivity index (χ1) is 21.3. The highest BCUT2D eigenvalue weighted by Gasteiger charge is 2.36. The lowest BCUT2D eigenvalue weighted by atomic mass is 10.0. The number of carbonyl (C=O) groups is 2. The van der Waals surface area contributed by atoms with Crippen molar-refractivity contribution in [2.45, 2.75) is 64.9 Å². The Labute approximate surface area is 264 Å². The van der Waals surface area contributed by atoms with Gasteiger partial charge in [0.05, 0.1) is 34.2 Å². The molecular weight excluding hydrogens is 633 g/mol. The van der Waals surface area contributed by atoms with E-state index in [0.717, 1.165) is 33.5 Å². The molecule has 0 aliphatic heterocycles. The van der Waals surface area contributed by atoms with E-state index < -0.39 is 57.9 Å². The van der Waals surface area contributed by atoms with Gasteiger partial charge in [0.2, 0.25) is 5.28 Å². The van der Waals surface area contributed by atoms with E-state index in [-0.39, 0.29) is 21.2 Å². The molecule has 2 atom stereocenters. The maximum atomic E-state index is 13.5. The number of rotatable bonds is 12. The third kappa shape index (κ3) is 8.74. The number of hydrogen-bond acceptors (Lipinski definition) is 9. The Hall–Kier alpha value is -4.67. The molecule has 13 nitrogen and oxygen atoms in total. The zero-order valence-corrected chi connectivity index (χ0v) is 27.0. The molecule has 3 rings (SSSR count). The predicted molar refractivity (Wildman–Crippen MR) is 158 cm³/mol. The lowest BCUT2D eigenvalue weighted by Crippen LogP contribution is -2.51. The van der Waals surface area contributed by atoms with Gasteiger partial charge in [-0.2, -0.15) is 18.3 Å². The van der Waals surface area contributed by atoms with Crippen molar-refractivity contribution in [2.24, 2.45) is 17.1 Å². The maximum Gasteiger partial charge on any atom is 0.435 e. The highest BCUT2D eigenvalue weighted by Crippen LogP contribution is 2.33. The number of carbonyl (C=O) groups excluding carboxylic acids is 2. The van der Waals surface area contributed by atoms with Crippen LogP contribution in [0.15, 0.2) is 64.8 Å². The molecule has 1 unspecified atom stereocenters. The fourth-order valence-electron chi connectivity index (χ4n) is 4.16. The molecule has 0 fully saturated rings. The molecule has 1 heterocycles. The van der Waals surface area contributed by atoms with Crippen LogP contribution >= 0.6 is 0 Å². The minimum atomic E-state index is -4.73. The van der Waals surface area contributed by atoms with Crippen LogP contribution in [0.3, 0.4) is 0 Å². The quantitative estimate of drug-likeness (QED) is 0.0924. The van der Waals surface area contributed by atoms with Gasteiger partial charge in [0.1, 0.15) is 0 Å². The third-order valence-corrected chi connectivity index (χ3v) is 7.93. The summed E-state index contributed by atoms with van der Waals surface area (Å²) in [6.45, 7) is 9.49. The highest BCUT2D eigenvalue weighted by molar-refractivity contribution is 7.90. The molecule has 17 heteroatoms. The first-order valence-corrected chi connectivity index (χ1v) is 15.5. The standard InChI is InChI=1S/C29H35F3N6O7S/c1-17(2)26(36(7)38(41)35-45-20(6)44-28(40)18(3)4)27(39)34-46(42,43)23-14-12-22(13-15-23)37-24(16-25(33-37)29(30,31)32)21-10-8-19(5)9-11-21/h8-18,20,26H,1-7H3,(H,34,39)/b38-35-/t20?,26-/m0/s1. The number of halogens is 3. The molecule has 1 aromatic heterocycles. The van der Waals surface area contributed by atoms with Gasteiger partial charge in [-0.3, -0.25) is 14.4 Å². The van der Waals surface area contributed by atoms with Crippen LogP contribution in [-0.2, 0) is 35.4 Å². The topological polar surface area (TPSA) is 158 Å². The number of aromatic nitrogens is 2. The van der Waals surface area contributed by atoms with Gasteiger partial charge in [-0.25, -0.2) is 17.8 Å². The van der Waals surface area contributed by atoms with E-state index in [1.165, 1.54) is 26.1 Å². The molecule has 0 bridgehead atoms.